The minimum Gasteiger partial charge on any atom is -0.324 e. The second kappa shape index (κ2) is 10.2. The molecule has 4 aromatic rings. The van der Waals surface area contributed by atoms with E-state index < -0.39 is 0 Å². The predicted molar refractivity (Wildman–Crippen MR) is 144 cm³/mol. The number of halogens is 1. The first-order valence-electron chi connectivity index (χ1n) is 11.5. The van der Waals surface area contributed by atoms with Crippen LogP contribution >= 0.6 is 23.4 Å². The van der Waals surface area contributed by atoms with E-state index in [1.54, 1.807) is 4.90 Å². The molecule has 3 aromatic carbocycles. The van der Waals surface area contributed by atoms with Gasteiger partial charge in [0.25, 0.3) is 0 Å². The molecule has 0 radical (unpaired) electrons. The van der Waals surface area contributed by atoms with Gasteiger partial charge in [-0.3, -0.25) is 14.2 Å². The molecule has 9 heteroatoms. The van der Waals surface area contributed by atoms with Gasteiger partial charge in [-0.2, -0.15) is 0 Å². The van der Waals surface area contributed by atoms with Crippen LogP contribution in [0, 0.1) is 6.92 Å². The Labute approximate surface area is 218 Å². The molecule has 7 nitrogen and oxygen atoms in total. The van der Waals surface area contributed by atoms with Crippen LogP contribution in [0.3, 0.4) is 0 Å². The fourth-order valence-corrected chi connectivity index (χ4v) is 5.38. The summed E-state index contributed by atoms with van der Waals surface area (Å²) in [6.45, 7) is 3.90. The number of benzene rings is 3. The van der Waals surface area contributed by atoms with Gasteiger partial charge in [-0.05, 0) is 55.8 Å². The van der Waals surface area contributed by atoms with Gasteiger partial charge >= 0.3 is 0 Å². The van der Waals surface area contributed by atoms with Gasteiger partial charge in [0.2, 0.25) is 11.8 Å². The van der Waals surface area contributed by atoms with E-state index in [9.17, 15) is 9.59 Å². The summed E-state index contributed by atoms with van der Waals surface area (Å²) in [5, 5.41) is 12.9. The molecular weight excluding hydrogens is 494 g/mol. The van der Waals surface area contributed by atoms with E-state index in [2.05, 4.69) is 15.5 Å². The molecule has 0 fully saturated rings. The summed E-state index contributed by atoms with van der Waals surface area (Å²) in [6, 6.07) is 22.6. The quantitative estimate of drug-likeness (QED) is 0.341. The Morgan fingerprint density at radius 3 is 2.67 bits per heavy atom. The number of hydrogen-bond donors (Lipinski definition) is 1. The summed E-state index contributed by atoms with van der Waals surface area (Å²) in [4.78, 5) is 27.5. The summed E-state index contributed by atoms with van der Waals surface area (Å²) < 4.78 is 1.93. The lowest BCUT2D eigenvalue weighted by Crippen LogP contribution is -2.40. The van der Waals surface area contributed by atoms with E-state index >= 15 is 0 Å². The highest BCUT2D eigenvalue weighted by atomic mass is 35.5. The lowest BCUT2D eigenvalue weighted by atomic mass is 10.2. The van der Waals surface area contributed by atoms with Gasteiger partial charge in [0.15, 0.2) is 11.0 Å². The molecule has 0 aliphatic carbocycles. The highest BCUT2D eigenvalue weighted by Crippen LogP contribution is 2.34. The number of nitrogens with zero attached hydrogens (tertiary/aromatic N) is 4. The topological polar surface area (TPSA) is 80.1 Å². The number of nitrogens with one attached hydrogen (secondary N) is 1. The third kappa shape index (κ3) is 4.74. The number of aryl methyl sites for hydroxylation is 1. The molecule has 0 spiro atoms. The summed E-state index contributed by atoms with van der Waals surface area (Å²) in [5.41, 5.74) is 4.05. The minimum atomic E-state index is -0.282. The van der Waals surface area contributed by atoms with Crippen LogP contribution in [0.2, 0.25) is 5.02 Å². The Kier molecular flexibility index (Phi) is 6.80. The molecule has 1 unspecified atom stereocenters. The third-order valence-corrected chi connectivity index (χ3v) is 7.20. The number of aromatic nitrogens is 3. The molecule has 0 saturated carbocycles. The molecule has 5 rings (SSSR count). The normalized spacial score (nSPS) is 15.2. The molecular formula is C27H24ClN5O2S. The van der Waals surface area contributed by atoms with Crippen LogP contribution < -0.4 is 10.2 Å². The average molecular weight is 518 g/mol. The zero-order chi connectivity index (χ0) is 25.2. The molecule has 1 atom stereocenters. The molecule has 1 aromatic heterocycles. The standard InChI is InChI=1S/C27H24ClN5O2S/c1-17-8-7-9-19(14-17)33-26(20-10-3-4-11-21(20)28)30-31-27(33)36-16-25(35)32-18(2)15-24(34)29-22-12-5-6-13-23(22)32/h3-14,18H,15-16H2,1-2H3,(H,29,34). The van der Waals surface area contributed by atoms with Crippen molar-refractivity contribution < 1.29 is 9.59 Å². The monoisotopic (exact) mass is 517 g/mol. The van der Waals surface area contributed by atoms with E-state index in [0.717, 1.165) is 16.8 Å². The number of anilines is 2. The molecule has 36 heavy (non-hydrogen) atoms. The van der Waals surface area contributed by atoms with Crippen molar-refractivity contribution in [3.8, 4) is 17.1 Å². The number of fused-ring (bicyclic) bond motifs is 1. The Balaban J connectivity index is 1.49. The van der Waals surface area contributed by atoms with Gasteiger partial charge in [0, 0.05) is 23.7 Å². The number of hydrogen-bond acceptors (Lipinski definition) is 5. The second-order valence-corrected chi connectivity index (χ2v) is 9.98. The maximum absolute atomic E-state index is 13.5. The highest BCUT2D eigenvalue weighted by molar-refractivity contribution is 7.99. The number of carbonyl (C=O) groups excluding carboxylic acids is 2. The second-order valence-electron chi connectivity index (χ2n) is 8.63. The summed E-state index contributed by atoms with van der Waals surface area (Å²) >= 11 is 7.80. The lowest BCUT2D eigenvalue weighted by molar-refractivity contribution is -0.117. The van der Waals surface area contributed by atoms with Crippen molar-refractivity contribution in [2.45, 2.75) is 31.5 Å². The van der Waals surface area contributed by atoms with E-state index in [1.165, 1.54) is 11.8 Å². The zero-order valence-corrected chi connectivity index (χ0v) is 21.4. The first-order valence-corrected chi connectivity index (χ1v) is 12.9. The molecule has 2 amide bonds. The maximum atomic E-state index is 13.5. The average Bonchev–Trinajstić information content (AvgIpc) is 3.22. The fourth-order valence-electron chi connectivity index (χ4n) is 4.34. The highest BCUT2D eigenvalue weighted by Gasteiger charge is 2.30. The van der Waals surface area contributed by atoms with Crippen LogP contribution in [0.15, 0.2) is 78.0 Å². The smallest absolute Gasteiger partial charge is 0.237 e. The van der Waals surface area contributed by atoms with Crippen LogP contribution in [0.4, 0.5) is 11.4 Å². The Morgan fingerprint density at radius 1 is 1.08 bits per heavy atom. The van der Waals surface area contributed by atoms with Gasteiger partial charge in [0.1, 0.15) is 0 Å². The van der Waals surface area contributed by atoms with Gasteiger partial charge in [-0.1, -0.05) is 59.8 Å². The molecule has 1 aliphatic heterocycles. The predicted octanol–water partition coefficient (Wildman–Crippen LogP) is 5.75. The summed E-state index contributed by atoms with van der Waals surface area (Å²) in [5.74, 6) is 0.500. The number of para-hydroxylation sites is 2. The fraction of sp³-hybridized carbons (Fsp3) is 0.185. The zero-order valence-electron chi connectivity index (χ0n) is 19.8. The largest absolute Gasteiger partial charge is 0.324 e. The van der Waals surface area contributed by atoms with Crippen LogP contribution in [0.25, 0.3) is 17.1 Å². The molecule has 1 N–H and O–H groups in total. The molecule has 1 aliphatic rings. The number of rotatable bonds is 5. The SMILES string of the molecule is Cc1cccc(-n2c(SCC(=O)N3c4ccccc4NC(=O)CC3C)nnc2-c2ccccc2Cl)c1. The number of amides is 2. The summed E-state index contributed by atoms with van der Waals surface area (Å²) in [6.07, 6.45) is 0.223. The van der Waals surface area contributed by atoms with Crippen LogP contribution in [0.1, 0.15) is 18.9 Å². The number of carbonyl (C=O) groups is 2. The van der Waals surface area contributed by atoms with Gasteiger partial charge in [0.05, 0.1) is 22.2 Å². The Morgan fingerprint density at radius 2 is 1.86 bits per heavy atom. The number of thioether (sulfide) groups is 1. The maximum Gasteiger partial charge on any atom is 0.237 e. The lowest BCUT2D eigenvalue weighted by Gasteiger charge is -2.27. The van der Waals surface area contributed by atoms with E-state index in [4.69, 9.17) is 11.6 Å². The van der Waals surface area contributed by atoms with Crippen molar-refractivity contribution in [1.29, 1.82) is 0 Å². The molecule has 0 saturated heterocycles. The Bertz CT molecular complexity index is 1450. The van der Waals surface area contributed by atoms with Gasteiger partial charge in [-0.25, -0.2) is 0 Å². The first kappa shape index (κ1) is 24.1. The van der Waals surface area contributed by atoms with E-state index in [-0.39, 0.29) is 30.0 Å². The summed E-state index contributed by atoms with van der Waals surface area (Å²) in [7, 11) is 0. The van der Waals surface area contributed by atoms with Gasteiger partial charge in [-0.15, -0.1) is 10.2 Å². The van der Waals surface area contributed by atoms with Crippen molar-refractivity contribution in [3.05, 3.63) is 83.4 Å². The van der Waals surface area contributed by atoms with Gasteiger partial charge < -0.3 is 10.2 Å². The first-order chi connectivity index (χ1) is 17.4. The molecule has 182 valence electrons. The third-order valence-electron chi connectivity index (χ3n) is 5.96. The van der Waals surface area contributed by atoms with Crippen molar-refractivity contribution in [2.24, 2.45) is 0 Å². The van der Waals surface area contributed by atoms with Crippen LogP contribution in [-0.4, -0.2) is 38.4 Å². The van der Waals surface area contributed by atoms with Crippen molar-refractivity contribution in [2.75, 3.05) is 16.0 Å². The molecule has 0 bridgehead atoms. The van der Waals surface area contributed by atoms with E-state index in [0.29, 0.717) is 27.4 Å². The van der Waals surface area contributed by atoms with Crippen molar-refractivity contribution in [1.82, 2.24) is 14.8 Å². The van der Waals surface area contributed by atoms with Crippen molar-refractivity contribution >= 4 is 46.6 Å². The molecule has 2 heterocycles. The van der Waals surface area contributed by atoms with E-state index in [1.807, 2.05) is 91.2 Å². The Hall–Kier alpha value is -3.62. The van der Waals surface area contributed by atoms with Crippen molar-refractivity contribution in [3.63, 3.8) is 0 Å². The van der Waals surface area contributed by atoms with Crippen LogP contribution in [-0.2, 0) is 9.59 Å². The van der Waals surface area contributed by atoms with Crippen LogP contribution in [0.5, 0.6) is 0 Å². The minimum absolute atomic E-state index is 0.110.